The predicted octanol–water partition coefficient (Wildman–Crippen LogP) is 4.59. The number of carbonyl (C=O) groups is 2. The average molecular weight is 389 g/mol. The van der Waals surface area contributed by atoms with Crippen molar-refractivity contribution in [1.82, 2.24) is 4.98 Å². The number of benzene rings is 1. The molecule has 150 valence electrons. The van der Waals surface area contributed by atoms with E-state index in [0.717, 1.165) is 43.0 Å². The fraction of sp³-hybridized carbons (Fsp3) is 0.458. The lowest BCUT2D eigenvalue weighted by atomic mass is 9.69. The molecule has 1 N–H and O–H groups in total. The molecule has 5 nitrogen and oxygen atoms in total. The van der Waals surface area contributed by atoms with Crippen LogP contribution in [-0.2, 0) is 9.59 Å². The van der Waals surface area contributed by atoms with Gasteiger partial charge in [-0.25, -0.2) is 0 Å². The minimum absolute atomic E-state index is 0.0795. The molecule has 2 aliphatic rings. The lowest BCUT2D eigenvalue weighted by Crippen LogP contribution is -2.36. The number of anilines is 1. The normalized spacial score (nSPS) is 20.0. The van der Waals surface area contributed by atoms with Crippen molar-refractivity contribution in [3.63, 3.8) is 0 Å². The zero-order chi connectivity index (χ0) is 20.6. The maximum absolute atomic E-state index is 13.1. The van der Waals surface area contributed by atoms with Gasteiger partial charge in [-0.2, -0.15) is 5.26 Å². The maximum Gasteiger partial charge on any atom is 0.148 e. The molecule has 0 radical (unpaired) electrons. The number of aromatic nitrogens is 1. The number of rotatable bonds is 3. The van der Waals surface area contributed by atoms with E-state index in [9.17, 15) is 14.9 Å². The Labute approximate surface area is 171 Å². The number of nitrogens with one attached hydrogen (secondary N) is 1. The number of hydrogen-bond donors (Lipinski definition) is 1. The molecule has 1 aliphatic heterocycles. The highest BCUT2D eigenvalue weighted by Crippen LogP contribution is 2.44. The number of hydrogen-bond acceptors (Lipinski definition) is 4. The zero-order valence-corrected chi connectivity index (χ0v) is 17.1. The maximum atomic E-state index is 13.1. The number of ketones is 2. The molecule has 0 atom stereocenters. The highest BCUT2D eigenvalue weighted by atomic mass is 16.2. The van der Waals surface area contributed by atoms with Crippen molar-refractivity contribution in [2.75, 3.05) is 18.0 Å². The van der Waals surface area contributed by atoms with Gasteiger partial charge in [0.05, 0.1) is 11.3 Å². The van der Waals surface area contributed by atoms with Crippen LogP contribution in [0.3, 0.4) is 0 Å². The third-order valence-electron chi connectivity index (χ3n) is 6.10. The summed E-state index contributed by atoms with van der Waals surface area (Å²) in [5.74, 6) is -0.262. The van der Waals surface area contributed by atoms with Gasteiger partial charge in [0.1, 0.15) is 29.4 Å². The van der Waals surface area contributed by atoms with Crippen molar-refractivity contribution in [3.05, 3.63) is 41.5 Å². The molecule has 0 unspecified atom stereocenters. The number of piperidine rings is 1. The second-order valence-electron chi connectivity index (χ2n) is 9.05. The van der Waals surface area contributed by atoms with Crippen LogP contribution in [0.15, 0.2) is 30.3 Å². The van der Waals surface area contributed by atoms with Crippen LogP contribution >= 0.6 is 0 Å². The summed E-state index contributed by atoms with van der Waals surface area (Å²) in [6, 6.07) is 12.0. The highest BCUT2D eigenvalue weighted by molar-refractivity contribution is 6.12. The third-order valence-corrected chi connectivity index (χ3v) is 6.10. The molecule has 2 heterocycles. The minimum atomic E-state index is -0.859. The van der Waals surface area contributed by atoms with Crippen LogP contribution in [0.2, 0.25) is 0 Å². The van der Waals surface area contributed by atoms with Crippen molar-refractivity contribution in [3.8, 4) is 17.3 Å². The van der Waals surface area contributed by atoms with Crippen molar-refractivity contribution < 1.29 is 9.59 Å². The fourth-order valence-electron chi connectivity index (χ4n) is 4.80. The summed E-state index contributed by atoms with van der Waals surface area (Å²) in [4.78, 5) is 31.8. The van der Waals surface area contributed by atoms with Gasteiger partial charge >= 0.3 is 0 Å². The Bertz CT molecular complexity index is 956. The average Bonchev–Trinajstić information content (AvgIpc) is 3.07. The largest absolute Gasteiger partial charge is 0.357 e. The van der Waals surface area contributed by atoms with Crippen LogP contribution in [-0.4, -0.2) is 29.6 Å². The Morgan fingerprint density at radius 2 is 1.66 bits per heavy atom. The second-order valence-corrected chi connectivity index (χ2v) is 9.05. The van der Waals surface area contributed by atoms with Crippen LogP contribution in [0, 0.1) is 16.7 Å². The first kappa shape index (κ1) is 19.4. The van der Waals surface area contributed by atoms with Crippen LogP contribution in [0.25, 0.3) is 11.3 Å². The van der Waals surface area contributed by atoms with E-state index in [-0.39, 0.29) is 17.0 Å². The van der Waals surface area contributed by atoms with Gasteiger partial charge in [-0.05, 0) is 30.2 Å². The highest BCUT2D eigenvalue weighted by Gasteiger charge is 2.43. The molecule has 1 saturated carbocycles. The molecular formula is C24H27N3O2. The van der Waals surface area contributed by atoms with E-state index in [2.05, 4.69) is 16.0 Å². The van der Waals surface area contributed by atoms with E-state index in [1.54, 1.807) is 0 Å². The lowest BCUT2D eigenvalue weighted by Gasteiger charge is -2.32. The van der Waals surface area contributed by atoms with Crippen LogP contribution < -0.4 is 4.90 Å². The summed E-state index contributed by atoms with van der Waals surface area (Å²) in [6.45, 7) is 5.67. The monoisotopic (exact) mass is 389 g/mol. The van der Waals surface area contributed by atoms with Crippen LogP contribution in [0.4, 0.5) is 5.82 Å². The molecule has 4 rings (SSSR count). The van der Waals surface area contributed by atoms with Crippen LogP contribution in [0.5, 0.6) is 0 Å². The van der Waals surface area contributed by atoms with Gasteiger partial charge < -0.3 is 9.88 Å². The zero-order valence-electron chi connectivity index (χ0n) is 17.1. The van der Waals surface area contributed by atoms with E-state index < -0.39 is 5.92 Å². The molecular weight excluding hydrogens is 362 g/mol. The number of H-pyrrole nitrogens is 1. The molecule has 0 spiro atoms. The summed E-state index contributed by atoms with van der Waals surface area (Å²) in [6.07, 6.45) is 4.05. The summed E-state index contributed by atoms with van der Waals surface area (Å²) >= 11 is 0. The van der Waals surface area contributed by atoms with Crippen molar-refractivity contribution in [1.29, 1.82) is 5.26 Å². The summed E-state index contributed by atoms with van der Waals surface area (Å²) < 4.78 is 0. The molecule has 1 aromatic carbocycles. The number of nitriles is 1. The molecule has 0 amide bonds. The minimum Gasteiger partial charge on any atom is -0.357 e. The molecule has 29 heavy (non-hydrogen) atoms. The van der Waals surface area contributed by atoms with E-state index in [0.29, 0.717) is 24.0 Å². The molecule has 2 fully saturated rings. The van der Waals surface area contributed by atoms with E-state index in [1.165, 1.54) is 6.42 Å². The molecule has 1 aromatic heterocycles. The molecule has 1 aliphatic carbocycles. The second kappa shape index (κ2) is 7.51. The van der Waals surface area contributed by atoms with Gasteiger partial charge in [0, 0.05) is 31.5 Å². The van der Waals surface area contributed by atoms with E-state index in [1.807, 2.05) is 44.2 Å². The summed E-state index contributed by atoms with van der Waals surface area (Å²) in [5.41, 5.74) is 2.33. The van der Waals surface area contributed by atoms with Gasteiger partial charge in [0.15, 0.2) is 0 Å². The molecule has 2 aromatic rings. The van der Waals surface area contributed by atoms with Crippen LogP contribution in [0.1, 0.15) is 63.0 Å². The first-order valence-electron chi connectivity index (χ1n) is 10.4. The third kappa shape index (κ3) is 3.60. The lowest BCUT2D eigenvalue weighted by molar-refractivity contribution is -0.135. The quantitative estimate of drug-likeness (QED) is 0.779. The van der Waals surface area contributed by atoms with Crippen molar-refractivity contribution >= 4 is 17.4 Å². The number of aromatic amines is 1. The van der Waals surface area contributed by atoms with Gasteiger partial charge in [-0.15, -0.1) is 0 Å². The molecule has 5 heteroatoms. The SMILES string of the molecule is CC1(C)CC(=O)C(c2c(-c3ccccc3)[nH]c(N3CCCCC3)c2C#N)C(=O)C1. The Morgan fingerprint density at radius 3 is 2.24 bits per heavy atom. The Balaban J connectivity index is 1.89. The Kier molecular flexibility index (Phi) is 5.04. The topological polar surface area (TPSA) is 77.0 Å². The summed E-state index contributed by atoms with van der Waals surface area (Å²) in [5, 5.41) is 10.1. The van der Waals surface area contributed by atoms with Crippen molar-refractivity contribution in [2.24, 2.45) is 5.41 Å². The Hall–Kier alpha value is -2.87. The van der Waals surface area contributed by atoms with Gasteiger partial charge in [0.25, 0.3) is 0 Å². The first-order valence-corrected chi connectivity index (χ1v) is 10.4. The standard InChI is InChI=1S/C24H27N3O2/c1-24(2)13-18(28)21(19(29)14-24)20-17(15-25)23(27-11-7-4-8-12-27)26-22(20)16-9-5-3-6-10-16/h3,5-6,9-10,21,26H,4,7-8,11-14H2,1-2H3. The van der Waals surface area contributed by atoms with Gasteiger partial charge in [-0.1, -0.05) is 44.2 Å². The van der Waals surface area contributed by atoms with E-state index in [4.69, 9.17) is 0 Å². The fourth-order valence-corrected chi connectivity index (χ4v) is 4.80. The van der Waals surface area contributed by atoms with Crippen molar-refractivity contribution in [2.45, 2.75) is 51.9 Å². The molecule has 1 saturated heterocycles. The van der Waals surface area contributed by atoms with E-state index >= 15 is 0 Å². The smallest absolute Gasteiger partial charge is 0.148 e. The Morgan fingerprint density at radius 1 is 1.03 bits per heavy atom. The predicted molar refractivity (Wildman–Crippen MR) is 113 cm³/mol. The number of Topliss-reactive ketones (excluding diaryl/α,β-unsaturated/α-hetero) is 2. The summed E-state index contributed by atoms with van der Waals surface area (Å²) in [7, 11) is 0. The first-order chi connectivity index (χ1) is 13.9. The van der Waals surface area contributed by atoms with Gasteiger partial charge in [-0.3, -0.25) is 9.59 Å². The van der Waals surface area contributed by atoms with Gasteiger partial charge in [0.2, 0.25) is 0 Å². The molecule has 0 bridgehead atoms. The number of carbonyl (C=O) groups excluding carboxylic acids is 2. The number of nitrogens with zero attached hydrogens (tertiary/aromatic N) is 2.